The summed E-state index contributed by atoms with van der Waals surface area (Å²) in [5.74, 6) is 1.06. The minimum Gasteiger partial charge on any atom is -0.357 e. The third kappa shape index (κ3) is 3.10. The van der Waals surface area contributed by atoms with E-state index in [1.54, 1.807) is 0 Å². The molecule has 0 saturated carbocycles. The number of aromatic nitrogens is 1. The van der Waals surface area contributed by atoms with E-state index < -0.39 is 0 Å². The van der Waals surface area contributed by atoms with Gasteiger partial charge in [0.2, 0.25) is 0 Å². The highest BCUT2D eigenvalue weighted by atomic mass is 15.2. The minimum absolute atomic E-state index is 0.510. The molecule has 2 rings (SSSR count). The van der Waals surface area contributed by atoms with Gasteiger partial charge >= 0.3 is 0 Å². The molecule has 108 valence electrons. The van der Waals surface area contributed by atoms with E-state index in [0.717, 1.165) is 17.9 Å². The minimum atomic E-state index is 0.510. The molecule has 1 aromatic heterocycles. The zero-order chi connectivity index (χ0) is 14.5. The van der Waals surface area contributed by atoms with Crippen LogP contribution < -0.4 is 10.2 Å². The van der Waals surface area contributed by atoms with Crippen molar-refractivity contribution in [2.75, 3.05) is 19.0 Å². The van der Waals surface area contributed by atoms with Gasteiger partial charge in [-0.15, -0.1) is 0 Å². The topological polar surface area (TPSA) is 28.2 Å². The van der Waals surface area contributed by atoms with Crippen molar-refractivity contribution in [2.24, 2.45) is 0 Å². The highest BCUT2D eigenvalue weighted by Crippen LogP contribution is 2.24. The standard InChI is InChI=1S/C17H25N3/c1-5-8-13(2)20(4)17-11-14(12-18-3)15-9-6-7-10-16(15)19-17/h6-7,9-11,13,18H,5,8,12H2,1-4H3. The van der Waals surface area contributed by atoms with E-state index in [9.17, 15) is 0 Å². The van der Waals surface area contributed by atoms with Crippen LogP contribution in [0.3, 0.4) is 0 Å². The molecule has 2 aromatic rings. The summed E-state index contributed by atoms with van der Waals surface area (Å²) in [6.07, 6.45) is 2.38. The van der Waals surface area contributed by atoms with Gasteiger partial charge in [0, 0.05) is 25.0 Å². The van der Waals surface area contributed by atoms with Gasteiger partial charge < -0.3 is 10.2 Å². The largest absolute Gasteiger partial charge is 0.357 e. The Kier molecular flexibility index (Phi) is 4.96. The first-order chi connectivity index (χ1) is 9.67. The predicted molar refractivity (Wildman–Crippen MR) is 87.3 cm³/mol. The first-order valence-electron chi connectivity index (χ1n) is 7.43. The molecule has 3 nitrogen and oxygen atoms in total. The molecular formula is C17H25N3. The van der Waals surface area contributed by atoms with Gasteiger partial charge in [0.25, 0.3) is 0 Å². The van der Waals surface area contributed by atoms with Crippen LogP contribution in [0.4, 0.5) is 5.82 Å². The van der Waals surface area contributed by atoms with E-state index in [2.05, 4.69) is 61.4 Å². The van der Waals surface area contributed by atoms with Crippen LogP contribution in [0.25, 0.3) is 10.9 Å². The second-order valence-corrected chi connectivity index (χ2v) is 5.44. The van der Waals surface area contributed by atoms with Crippen molar-refractivity contribution >= 4 is 16.7 Å². The maximum Gasteiger partial charge on any atom is 0.129 e. The van der Waals surface area contributed by atoms with Crippen molar-refractivity contribution in [1.82, 2.24) is 10.3 Å². The van der Waals surface area contributed by atoms with E-state index in [0.29, 0.717) is 6.04 Å². The Balaban J connectivity index is 2.43. The van der Waals surface area contributed by atoms with Crippen LogP contribution in [0.2, 0.25) is 0 Å². The molecule has 0 aliphatic rings. The summed E-state index contributed by atoms with van der Waals surface area (Å²) >= 11 is 0. The summed E-state index contributed by atoms with van der Waals surface area (Å²) in [5.41, 5.74) is 2.38. The lowest BCUT2D eigenvalue weighted by Gasteiger charge is -2.26. The number of hydrogen-bond donors (Lipinski definition) is 1. The quantitative estimate of drug-likeness (QED) is 0.870. The first-order valence-corrected chi connectivity index (χ1v) is 7.43. The van der Waals surface area contributed by atoms with Crippen LogP contribution in [0.1, 0.15) is 32.3 Å². The molecule has 1 heterocycles. The summed E-state index contributed by atoms with van der Waals surface area (Å²) in [5, 5.41) is 4.49. The molecular weight excluding hydrogens is 246 g/mol. The van der Waals surface area contributed by atoms with Crippen LogP contribution in [0, 0.1) is 0 Å². The highest BCUT2D eigenvalue weighted by Gasteiger charge is 2.13. The van der Waals surface area contributed by atoms with Gasteiger partial charge in [-0.1, -0.05) is 31.5 Å². The van der Waals surface area contributed by atoms with Crippen LogP contribution >= 0.6 is 0 Å². The monoisotopic (exact) mass is 271 g/mol. The SMILES string of the molecule is CCCC(C)N(C)c1cc(CNC)c2ccccc2n1. The van der Waals surface area contributed by atoms with Crippen molar-refractivity contribution in [3.05, 3.63) is 35.9 Å². The number of anilines is 1. The Bertz CT molecular complexity index is 565. The summed E-state index contributed by atoms with van der Waals surface area (Å²) in [6, 6.07) is 11.1. The molecule has 0 spiro atoms. The van der Waals surface area contributed by atoms with E-state index >= 15 is 0 Å². The molecule has 1 aromatic carbocycles. The molecule has 0 bridgehead atoms. The fourth-order valence-corrected chi connectivity index (χ4v) is 2.59. The molecule has 0 fully saturated rings. The number of para-hydroxylation sites is 1. The smallest absolute Gasteiger partial charge is 0.129 e. The lowest BCUT2D eigenvalue weighted by atomic mass is 10.1. The van der Waals surface area contributed by atoms with E-state index in [1.807, 2.05) is 7.05 Å². The van der Waals surface area contributed by atoms with Crippen LogP contribution in [-0.2, 0) is 6.54 Å². The molecule has 3 heteroatoms. The lowest BCUT2D eigenvalue weighted by molar-refractivity contribution is 0.611. The van der Waals surface area contributed by atoms with Crippen molar-refractivity contribution in [1.29, 1.82) is 0 Å². The predicted octanol–water partition coefficient (Wildman–Crippen LogP) is 3.58. The number of pyridine rings is 1. The van der Waals surface area contributed by atoms with E-state index in [-0.39, 0.29) is 0 Å². The van der Waals surface area contributed by atoms with Gasteiger partial charge in [-0.25, -0.2) is 4.98 Å². The number of nitrogens with zero attached hydrogens (tertiary/aromatic N) is 2. The van der Waals surface area contributed by atoms with Crippen molar-refractivity contribution in [2.45, 2.75) is 39.3 Å². The molecule has 20 heavy (non-hydrogen) atoms. The van der Waals surface area contributed by atoms with Gasteiger partial charge in [-0.05, 0) is 38.1 Å². The van der Waals surface area contributed by atoms with Gasteiger partial charge in [0.05, 0.1) is 5.52 Å². The zero-order valence-electron chi connectivity index (χ0n) is 13.0. The average Bonchev–Trinajstić information content (AvgIpc) is 2.47. The Labute approximate surface area is 122 Å². The van der Waals surface area contributed by atoms with E-state index in [1.165, 1.54) is 23.8 Å². The average molecular weight is 271 g/mol. The molecule has 0 radical (unpaired) electrons. The first kappa shape index (κ1) is 14.8. The molecule has 0 saturated heterocycles. The Hall–Kier alpha value is -1.61. The zero-order valence-corrected chi connectivity index (χ0v) is 13.0. The maximum absolute atomic E-state index is 4.82. The van der Waals surface area contributed by atoms with Gasteiger partial charge in [-0.2, -0.15) is 0 Å². The lowest BCUT2D eigenvalue weighted by Crippen LogP contribution is -2.29. The second kappa shape index (κ2) is 6.71. The number of nitrogens with one attached hydrogen (secondary N) is 1. The fourth-order valence-electron chi connectivity index (χ4n) is 2.59. The molecule has 0 aliphatic heterocycles. The fraction of sp³-hybridized carbons (Fsp3) is 0.471. The van der Waals surface area contributed by atoms with Crippen LogP contribution in [-0.4, -0.2) is 25.1 Å². The molecule has 1 unspecified atom stereocenters. The molecule has 0 amide bonds. The second-order valence-electron chi connectivity index (χ2n) is 5.44. The van der Waals surface area contributed by atoms with Crippen molar-refractivity contribution in [3.8, 4) is 0 Å². The van der Waals surface area contributed by atoms with E-state index in [4.69, 9.17) is 4.98 Å². The summed E-state index contributed by atoms with van der Waals surface area (Å²) in [6.45, 7) is 5.36. The molecule has 0 aliphatic carbocycles. The summed E-state index contributed by atoms with van der Waals surface area (Å²) in [7, 11) is 4.12. The third-order valence-electron chi connectivity index (χ3n) is 3.88. The number of hydrogen-bond acceptors (Lipinski definition) is 3. The van der Waals surface area contributed by atoms with Gasteiger partial charge in [0.1, 0.15) is 5.82 Å². The number of rotatable bonds is 6. The summed E-state index contributed by atoms with van der Waals surface area (Å²) < 4.78 is 0. The van der Waals surface area contributed by atoms with Gasteiger partial charge in [-0.3, -0.25) is 0 Å². The molecule has 1 N–H and O–H groups in total. The number of benzene rings is 1. The number of fused-ring (bicyclic) bond motifs is 1. The summed E-state index contributed by atoms with van der Waals surface area (Å²) in [4.78, 5) is 7.11. The van der Waals surface area contributed by atoms with Crippen molar-refractivity contribution in [3.63, 3.8) is 0 Å². The third-order valence-corrected chi connectivity index (χ3v) is 3.88. The normalized spacial score (nSPS) is 12.6. The van der Waals surface area contributed by atoms with Gasteiger partial charge in [0.15, 0.2) is 0 Å². The Morgan fingerprint density at radius 1 is 1.30 bits per heavy atom. The van der Waals surface area contributed by atoms with Crippen LogP contribution in [0.15, 0.2) is 30.3 Å². The Morgan fingerprint density at radius 2 is 2.05 bits per heavy atom. The van der Waals surface area contributed by atoms with Crippen molar-refractivity contribution < 1.29 is 0 Å². The Morgan fingerprint density at radius 3 is 2.75 bits per heavy atom. The highest BCUT2D eigenvalue weighted by molar-refractivity contribution is 5.84. The van der Waals surface area contributed by atoms with Crippen LogP contribution in [0.5, 0.6) is 0 Å². The maximum atomic E-state index is 4.82. The molecule has 1 atom stereocenters.